The first-order chi connectivity index (χ1) is 9.75. The molecule has 0 N–H and O–H groups in total. The summed E-state index contributed by atoms with van der Waals surface area (Å²) in [5, 5.41) is 0. The highest BCUT2D eigenvalue weighted by Crippen LogP contribution is 2.32. The predicted octanol–water partition coefficient (Wildman–Crippen LogP) is 4.65. The van der Waals surface area contributed by atoms with E-state index < -0.39 is 0 Å². The average molecular weight is 272 g/mol. The summed E-state index contributed by atoms with van der Waals surface area (Å²) in [6.07, 6.45) is 8.48. The minimum atomic E-state index is 0.292. The SMILES string of the molecule is CC(=O)CC[C@@H]1CCCC/C1=C\OCc1ccccc1. The van der Waals surface area contributed by atoms with E-state index in [2.05, 4.69) is 12.1 Å². The lowest BCUT2D eigenvalue weighted by molar-refractivity contribution is -0.117. The topological polar surface area (TPSA) is 26.3 Å². The van der Waals surface area contributed by atoms with Crippen LogP contribution in [0.15, 0.2) is 42.2 Å². The lowest BCUT2D eigenvalue weighted by Gasteiger charge is -2.24. The Kier molecular flexibility index (Phi) is 5.85. The second-order valence-corrected chi connectivity index (χ2v) is 5.67. The first kappa shape index (κ1) is 14.8. The van der Waals surface area contributed by atoms with Gasteiger partial charge < -0.3 is 9.53 Å². The molecular formula is C18H24O2. The number of hydrogen-bond donors (Lipinski definition) is 0. The normalized spacial score (nSPS) is 20.9. The number of ether oxygens (including phenoxy) is 1. The fourth-order valence-electron chi connectivity index (χ4n) is 2.79. The zero-order valence-corrected chi connectivity index (χ0v) is 12.3. The fourth-order valence-corrected chi connectivity index (χ4v) is 2.79. The van der Waals surface area contributed by atoms with Gasteiger partial charge in [-0.25, -0.2) is 0 Å². The summed E-state index contributed by atoms with van der Waals surface area (Å²) >= 11 is 0. The third-order valence-corrected chi connectivity index (χ3v) is 3.96. The number of carbonyl (C=O) groups excluding carboxylic acids is 1. The standard InChI is InChI=1S/C18H24O2/c1-15(19)11-12-17-9-5-6-10-18(17)14-20-13-16-7-3-2-4-8-16/h2-4,7-8,14,17H,5-6,9-13H2,1H3/b18-14+/t17-/m0/s1. The molecule has 0 bridgehead atoms. The average Bonchev–Trinajstić information content (AvgIpc) is 2.47. The quantitative estimate of drug-likeness (QED) is 0.705. The molecule has 0 saturated heterocycles. The summed E-state index contributed by atoms with van der Waals surface area (Å²) in [4.78, 5) is 11.1. The molecule has 1 saturated carbocycles. The van der Waals surface area contributed by atoms with Crippen molar-refractivity contribution in [3.63, 3.8) is 0 Å². The maximum atomic E-state index is 11.1. The number of allylic oxidation sites excluding steroid dienone is 1. The van der Waals surface area contributed by atoms with E-state index >= 15 is 0 Å². The first-order valence-corrected chi connectivity index (χ1v) is 7.59. The summed E-state index contributed by atoms with van der Waals surface area (Å²) in [6.45, 7) is 2.31. The van der Waals surface area contributed by atoms with Gasteiger partial charge in [0.25, 0.3) is 0 Å². The maximum absolute atomic E-state index is 11.1. The van der Waals surface area contributed by atoms with E-state index in [1.54, 1.807) is 6.92 Å². The van der Waals surface area contributed by atoms with Crippen LogP contribution in [-0.2, 0) is 16.1 Å². The third kappa shape index (κ3) is 4.84. The molecule has 0 amide bonds. The number of rotatable bonds is 6. The molecule has 0 aromatic heterocycles. The van der Waals surface area contributed by atoms with Gasteiger partial charge in [-0.3, -0.25) is 0 Å². The van der Waals surface area contributed by atoms with Gasteiger partial charge in [0.1, 0.15) is 12.4 Å². The smallest absolute Gasteiger partial charge is 0.129 e. The Morgan fingerprint density at radius 1 is 1.30 bits per heavy atom. The molecule has 0 aliphatic heterocycles. The van der Waals surface area contributed by atoms with Crippen LogP contribution in [0.25, 0.3) is 0 Å². The van der Waals surface area contributed by atoms with E-state index in [-0.39, 0.29) is 0 Å². The monoisotopic (exact) mass is 272 g/mol. The zero-order valence-electron chi connectivity index (χ0n) is 12.3. The molecule has 108 valence electrons. The second kappa shape index (κ2) is 7.88. The van der Waals surface area contributed by atoms with Gasteiger partial charge in [0, 0.05) is 6.42 Å². The van der Waals surface area contributed by atoms with E-state index in [9.17, 15) is 4.79 Å². The van der Waals surface area contributed by atoms with Crippen molar-refractivity contribution in [2.24, 2.45) is 5.92 Å². The van der Waals surface area contributed by atoms with Crippen molar-refractivity contribution < 1.29 is 9.53 Å². The molecule has 1 aromatic rings. The predicted molar refractivity (Wildman–Crippen MR) is 81.2 cm³/mol. The van der Waals surface area contributed by atoms with Crippen LogP contribution < -0.4 is 0 Å². The summed E-state index contributed by atoms with van der Waals surface area (Å²) in [7, 11) is 0. The Balaban J connectivity index is 1.86. The van der Waals surface area contributed by atoms with Crippen molar-refractivity contribution in [3.05, 3.63) is 47.7 Å². The highest BCUT2D eigenvalue weighted by Gasteiger charge is 2.19. The molecular weight excluding hydrogens is 248 g/mol. The van der Waals surface area contributed by atoms with Crippen LogP contribution in [0.4, 0.5) is 0 Å². The number of ketones is 1. The molecule has 1 fully saturated rings. The molecule has 0 radical (unpaired) electrons. The van der Waals surface area contributed by atoms with Gasteiger partial charge in [-0.1, -0.05) is 36.8 Å². The summed E-state index contributed by atoms with van der Waals surface area (Å²) in [5.41, 5.74) is 2.59. The number of carbonyl (C=O) groups is 1. The maximum Gasteiger partial charge on any atom is 0.129 e. The molecule has 0 unspecified atom stereocenters. The van der Waals surface area contributed by atoms with Gasteiger partial charge in [-0.15, -0.1) is 0 Å². The van der Waals surface area contributed by atoms with Crippen LogP contribution in [-0.4, -0.2) is 5.78 Å². The number of benzene rings is 1. The molecule has 20 heavy (non-hydrogen) atoms. The molecule has 2 heteroatoms. The zero-order chi connectivity index (χ0) is 14.2. The van der Waals surface area contributed by atoms with E-state index in [0.29, 0.717) is 24.7 Å². The minimum Gasteiger partial charge on any atom is -0.497 e. The van der Waals surface area contributed by atoms with Crippen molar-refractivity contribution in [2.45, 2.75) is 52.1 Å². The van der Waals surface area contributed by atoms with Crippen molar-refractivity contribution in [3.8, 4) is 0 Å². The Bertz CT molecular complexity index is 448. The fraction of sp³-hybridized carbons (Fsp3) is 0.500. The summed E-state index contributed by atoms with van der Waals surface area (Å²) < 4.78 is 5.75. The summed E-state index contributed by atoms with van der Waals surface area (Å²) in [6, 6.07) is 10.2. The van der Waals surface area contributed by atoms with E-state index in [4.69, 9.17) is 4.74 Å². The lowest BCUT2D eigenvalue weighted by atomic mass is 9.82. The highest BCUT2D eigenvalue weighted by molar-refractivity contribution is 5.75. The van der Waals surface area contributed by atoms with Crippen LogP contribution in [0.3, 0.4) is 0 Å². The molecule has 2 nitrogen and oxygen atoms in total. The number of Topliss-reactive ketones (excluding diaryl/α,β-unsaturated/α-hetero) is 1. The first-order valence-electron chi connectivity index (χ1n) is 7.59. The van der Waals surface area contributed by atoms with Crippen LogP contribution in [0.5, 0.6) is 0 Å². The molecule has 2 rings (SSSR count). The lowest BCUT2D eigenvalue weighted by Crippen LogP contribution is -2.12. The highest BCUT2D eigenvalue weighted by atomic mass is 16.5. The Morgan fingerprint density at radius 3 is 2.85 bits per heavy atom. The number of hydrogen-bond acceptors (Lipinski definition) is 2. The van der Waals surface area contributed by atoms with Crippen molar-refractivity contribution in [2.75, 3.05) is 0 Å². The van der Waals surface area contributed by atoms with Gasteiger partial charge in [0.15, 0.2) is 0 Å². The van der Waals surface area contributed by atoms with E-state index in [1.807, 2.05) is 24.5 Å². The largest absolute Gasteiger partial charge is 0.497 e. The Morgan fingerprint density at radius 2 is 2.10 bits per heavy atom. The Hall–Kier alpha value is -1.57. The summed E-state index contributed by atoms with van der Waals surface area (Å²) in [5.74, 6) is 0.837. The van der Waals surface area contributed by atoms with E-state index in [1.165, 1.54) is 30.4 Å². The molecule has 1 aromatic carbocycles. The van der Waals surface area contributed by atoms with Crippen LogP contribution >= 0.6 is 0 Å². The van der Waals surface area contributed by atoms with Gasteiger partial charge >= 0.3 is 0 Å². The van der Waals surface area contributed by atoms with Crippen LogP contribution in [0, 0.1) is 5.92 Å². The second-order valence-electron chi connectivity index (χ2n) is 5.67. The van der Waals surface area contributed by atoms with Crippen LogP contribution in [0.2, 0.25) is 0 Å². The van der Waals surface area contributed by atoms with Crippen molar-refractivity contribution in [1.29, 1.82) is 0 Å². The Labute approximate surface area is 121 Å². The third-order valence-electron chi connectivity index (χ3n) is 3.96. The van der Waals surface area contributed by atoms with E-state index in [0.717, 1.165) is 12.8 Å². The molecule has 1 aliphatic carbocycles. The molecule has 0 spiro atoms. The molecule has 1 atom stereocenters. The molecule has 1 aliphatic rings. The van der Waals surface area contributed by atoms with Gasteiger partial charge in [0.05, 0.1) is 6.26 Å². The van der Waals surface area contributed by atoms with Crippen molar-refractivity contribution >= 4 is 5.78 Å². The van der Waals surface area contributed by atoms with Gasteiger partial charge in [-0.05, 0) is 49.7 Å². The van der Waals surface area contributed by atoms with Gasteiger partial charge in [0.2, 0.25) is 0 Å². The van der Waals surface area contributed by atoms with Crippen molar-refractivity contribution in [1.82, 2.24) is 0 Å². The van der Waals surface area contributed by atoms with Crippen LogP contribution in [0.1, 0.15) is 51.0 Å². The van der Waals surface area contributed by atoms with Gasteiger partial charge in [-0.2, -0.15) is 0 Å². The minimum absolute atomic E-state index is 0.292. The molecule has 0 heterocycles.